The van der Waals surface area contributed by atoms with E-state index >= 15 is 0 Å². The van der Waals surface area contributed by atoms with Gasteiger partial charge in [0.25, 0.3) is 0 Å². The van der Waals surface area contributed by atoms with Crippen molar-refractivity contribution in [3.63, 3.8) is 0 Å². The van der Waals surface area contributed by atoms with Gasteiger partial charge in [-0.2, -0.15) is 0 Å². The van der Waals surface area contributed by atoms with E-state index < -0.39 is 0 Å². The first-order chi connectivity index (χ1) is 26.1. The Morgan fingerprint density at radius 3 is 1.45 bits per heavy atom. The lowest BCUT2D eigenvalue weighted by Crippen LogP contribution is -2.13. The summed E-state index contributed by atoms with van der Waals surface area (Å²) in [6, 6.07) is 9.36. The summed E-state index contributed by atoms with van der Waals surface area (Å²) in [5.41, 5.74) is 4.50. The van der Waals surface area contributed by atoms with Gasteiger partial charge in [-0.25, -0.2) is 9.97 Å². The van der Waals surface area contributed by atoms with Gasteiger partial charge in [0, 0.05) is 36.6 Å². The van der Waals surface area contributed by atoms with Gasteiger partial charge in [0.15, 0.2) is 5.65 Å². The van der Waals surface area contributed by atoms with Crippen LogP contribution in [0.4, 0.5) is 0 Å². The molecular formula is C46H58N4S3. The summed E-state index contributed by atoms with van der Waals surface area (Å²) in [6.45, 7) is 14.0. The highest BCUT2D eigenvalue weighted by molar-refractivity contribution is 7.27. The number of thiophene rings is 3. The molecule has 0 fully saturated rings. The molecule has 280 valence electrons. The van der Waals surface area contributed by atoms with Gasteiger partial charge in [-0.05, 0) is 43.9 Å². The Balaban J connectivity index is 0.997. The highest BCUT2D eigenvalue weighted by Crippen LogP contribution is 2.43. The highest BCUT2D eigenvalue weighted by Gasteiger charge is 2.23. The van der Waals surface area contributed by atoms with Crippen LogP contribution in [0.3, 0.4) is 0 Å². The van der Waals surface area contributed by atoms with Crippen LogP contribution < -0.4 is 10.7 Å². The molecule has 7 heterocycles. The van der Waals surface area contributed by atoms with E-state index in [2.05, 4.69) is 53.5 Å². The Labute approximate surface area is 327 Å². The molecule has 0 radical (unpaired) electrons. The average molecular weight is 763 g/mol. The Morgan fingerprint density at radius 2 is 0.925 bits per heavy atom. The number of aromatic nitrogens is 4. The second kappa shape index (κ2) is 16.8. The first kappa shape index (κ1) is 36.9. The third-order valence-corrected chi connectivity index (χ3v) is 15.2. The molecule has 0 aliphatic rings. The van der Waals surface area contributed by atoms with Crippen LogP contribution in [0.1, 0.15) is 152 Å². The number of hydrogen-bond acceptors (Lipinski definition) is 5. The van der Waals surface area contributed by atoms with Crippen molar-refractivity contribution < 1.29 is 0 Å². The minimum absolute atomic E-state index is 1.03. The summed E-state index contributed by atoms with van der Waals surface area (Å²) in [4.78, 5) is 15.8. The number of rotatable bonds is 22. The minimum atomic E-state index is 1.03. The van der Waals surface area contributed by atoms with Crippen LogP contribution in [0, 0.1) is 0 Å². The third kappa shape index (κ3) is 7.27. The van der Waals surface area contributed by atoms with Crippen molar-refractivity contribution in [2.45, 2.75) is 155 Å². The van der Waals surface area contributed by atoms with E-state index in [0.717, 1.165) is 44.5 Å². The van der Waals surface area contributed by atoms with E-state index in [9.17, 15) is 0 Å². The molecule has 0 saturated carbocycles. The molecule has 8 aromatic rings. The number of imidazole rings is 2. The topological polar surface area (TPSA) is 34.6 Å². The van der Waals surface area contributed by atoms with Gasteiger partial charge in [-0.1, -0.05) is 149 Å². The molecule has 0 bridgehead atoms. The quantitative estimate of drug-likeness (QED) is 0.0509. The fraction of sp³-hybridized carbons (Fsp3) is 0.522. The fourth-order valence-corrected chi connectivity index (χ4v) is 12.2. The zero-order valence-corrected chi connectivity index (χ0v) is 34.7. The van der Waals surface area contributed by atoms with Crippen LogP contribution in [0.25, 0.3) is 76.1 Å². The van der Waals surface area contributed by atoms with Crippen molar-refractivity contribution in [3.05, 3.63) is 44.7 Å². The molecule has 8 rings (SSSR count). The molecule has 0 aliphatic heterocycles. The molecule has 4 nitrogen and oxygen atoms in total. The van der Waals surface area contributed by atoms with Gasteiger partial charge >= 0.3 is 0 Å². The molecule has 0 amide bonds. The van der Waals surface area contributed by atoms with Crippen LogP contribution in [0.5, 0.6) is 0 Å². The van der Waals surface area contributed by atoms with Gasteiger partial charge in [0.05, 0.1) is 25.8 Å². The Kier molecular flexibility index (Phi) is 11.7. The normalized spacial score (nSPS) is 12.6. The molecule has 7 aromatic heterocycles. The summed E-state index contributed by atoms with van der Waals surface area (Å²) < 4.78 is 7.16. The van der Waals surface area contributed by atoms with Gasteiger partial charge < -0.3 is 0 Å². The van der Waals surface area contributed by atoms with Crippen LogP contribution in [0.2, 0.25) is 0 Å². The summed E-state index contributed by atoms with van der Waals surface area (Å²) in [7, 11) is 0. The van der Waals surface area contributed by atoms with Crippen molar-refractivity contribution in [2.24, 2.45) is 0 Å². The first-order valence-electron chi connectivity index (χ1n) is 21.1. The summed E-state index contributed by atoms with van der Waals surface area (Å²) in [5, 5.41) is 7.06. The highest BCUT2D eigenvalue weighted by atomic mass is 32.1. The number of unbranched alkanes of at least 4 members (excludes halogenated alkanes) is 18. The Hall–Kier alpha value is -3.00. The van der Waals surface area contributed by atoms with E-state index in [-0.39, 0.29) is 0 Å². The van der Waals surface area contributed by atoms with Crippen LogP contribution in [0.15, 0.2) is 24.3 Å². The van der Waals surface area contributed by atoms with Crippen LogP contribution in [-0.4, -0.2) is 18.8 Å². The molecule has 0 atom stereocenters. The summed E-state index contributed by atoms with van der Waals surface area (Å²) in [6.07, 6.45) is 29.8. The lowest BCUT2D eigenvalue weighted by molar-refractivity contribution is 0.557. The molecule has 7 heteroatoms. The lowest BCUT2D eigenvalue weighted by atomic mass is 10.0. The van der Waals surface area contributed by atoms with E-state index in [0.29, 0.717) is 0 Å². The fourth-order valence-electron chi connectivity index (χ4n) is 8.83. The molecule has 0 N–H and O–H groups in total. The molecule has 0 spiro atoms. The number of nitrogens with zero attached hydrogens (tertiary/aromatic N) is 4. The van der Waals surface area contributed by atoms with Crippen molar-refractivity contribution in [3.8, 4) is 0 Å². The zero-order valence-electron chi connectivity index (χ0n) is 32.3. The maximum Gasteiger partial charge on any atom is 0.157 e. The minimum Gasteiger partial charge on any atom is -0.291 e. The number of pyridine rings is 2. The molecule has 0 saturated heterocycles. The second-order valence-electron chi connectivity index (χ2n) is 15.8. The maximum atomic E-state index is 5.31. The van der Waals surface area contributed by atoms with E-state index in [1.807, 2.05) is 34.0 Å². The smallest absolute Gasteiger partial charge is 0.157 e. The molecular weight excluding hydrogens is 705 g/mol. The number of benzene rings is 1. The average Bonchev–Trinajstić information content (AvgIpc) is 3.97. The van der Waals surface area contributed by atoms with Crippen molar-refractivity contribution in [1.29, 1.82) is 0 Å². The van der Waals surface area contributed by atoms with E-state index in [1.54, 1.807) is 0 Å². The molecule has 0 unspecified atom stereocenters. The third-order valence-electron chi connectivity index (χ3n) is 11.8. The molecule has 0 aliphatic carbocycles. The van der Waals surface area contributed by atoms with Gasteiger partial charge in [-0.15, -0.1) is 34.0 Å². The van der Waals surface area contributed by atoms with Crippen molar-refractivity contribution >= 4 is 110 Å². The zero-order chi connectivity index (χ0) is 36.3. The van der Waals surface area contributed by atoms with Crippen LogP contribution in [-0.2, 0) is 12.8 Å². The van der Waals surface area contributed by atoms with E-state index in [4.69, 9.17) is 16.5 Å². The van der Waals surface area contributed by atoms with E-state index in [1.165, 1.54) is 180 Å². The molecule has 1 aromatic carbocycles. The number of aryl methyl sites for hydroxylation is 2. The van der Waals surface area contributed by atoms with Gasteiger partial charge in [-0.3, -0.25) is 8.80 Å². The predicted molar refractivity (Wildman–Crippen MR) is 238 cm³/mol. The Bertz CT molecular complexity index is 2560. The standard InChI is InChI=1S/C46H58N4S3/c1-5-7-9-11-13-15-17-19-21-23-25-33-29-37-46(52-33)48-44-42-39-35(31(3)49(37)44)27-28-36-40(39)41(53-42)32(4)50-38-30-34(51-45(38)47-43(36)50)26-24-22-20-18-16-14-12-10-8-6-2/h27-30H,3-26H2,1-2H3. The maximum absolute atomic E-state index is 5.31. The SMILES string of the molecule is C=c1c2sc3c4c(ccc(c24)c2nc4sc(CCCCCCCCCCCC)cc4n12)c(=C)n1c2cc(CCCCCCCCCCCC)sc2nc31. The van der Waals surface area contributed by atoms with Crippen molar-refractivity contribution in [2.75, 3.05) is 0 Å². The molecule has 53 heavy (non-hydrogen) atoms. The summed E-state index contributed by atoms with van der Waals surface area (Å²) in [5.74, 6) is 0. The largest absolute Gasteiger partial charge is 0.291 e. The van der Waals surface area contributed by atoms with Gasteiger partial charge in [0.1, 0.15) is 15.3 Å². The van der Waals surface area contributed by atoms with Crippen molar-refractivity contribution in [1.82, 2.24) is 18.8 Å². The lowest BCUT2D eigenvalue weighted by Gasteiger charge is -2.07. The first-order valence-corrected chi connectivity index (χ1v) is 23.6. The second-order valence-corrected chi connectivity index (χ2v) is 19.0. The number of fused-ring (bicyclic) bond motifs is 8. The monoisotopic (exact) mass is 762 g/mol. The number of hydrogen-bond donors (Lipinski definition) is 0. The van der Waals surface area contributed by atoms with Crippen LogP contribution >= 0.6 is 34.0 Å². The summed E-state index contributed by atoms with van der Waals surface area (Å²) >= 11 is 5.61. The Morgan fingerprint density at radius 1 is 0.491 bits per heavy atom. The van der Waals surface area contributed by atoms with Gasteiger partial charge in [0.2, 0.25) is 0 Å². The predicted octanol–water partition coefficient (Wildman–Crippen LogP) is 14.1.